The summed E-state index contributed by atoms with van der Waals surface area (Å²) in [6, 6.07) is 16.3. The topological polar surface area (TPSA) is 101 Å². The van der Waals surface area contributed by atoms with E-state index in [0.29, 0.717) is 6.54 Å². The molecule has 0 saturated heterocycles. The molecule has 4 aromatic rings. The van der Waals surface area contributed by atoms with Crippen LogP contribution in [0.15, 0.2) is 73.2 Å². The maximum absolute atomic E-state index is 12.9. The number of aryl methyl sites for hydroxylation is 1. The average molecular weight is 428 g/mol. The molecule has 2 aromatic heterocycles. The number of hydrogen-bond acceptors (Lipinski definition) is 4. The van der Waals surface area contributed by atoms with E-state index in [2.05, 4.69) is 28.3 Å². The average Bonchev–Trinajstić information content (AvgIpc) is 3.26. The van der Waals surface area contributed by atoms with Gasteiger partial charge in [-0.1, -0.05) is 37.3 Å². The van der Waals surface area contributed by atoms with Crippen LogP contribution in [0.25, 0.3) is 10.9 Å². The molecule has 2 aromatic carbocycles. The number of amides is 1. The highest BCUT2D eigenvalue weighted by molar-refractivity contribution is 5.88. The lowest BCUT2D eigenvalue weighted by atomic mass is 9.87. The van der Waals surface area contributed by atoms with Crippen LogP contribution in [0.3, 0.4) is 0 Å². The predicted molar refractivity (Wildman–Crippen MR) is 123 cm³/mol. The Labute approximate surface area is 185 Å². The number of aromatic nitrogens is 2. The number of hydrogen-bond donors (Lipinski definition) is 2. The SMILES string of the molecule is CCc1cccc2c([C@@H](CC(=O)NCc3ccncc3)c3cccc([N+](=O)[O-])c3)c[nH]c12. The zero-order valence-corrected chi connectivity index (χ0v) is 17.7. The molecule has 2 N–H and O–H groups in total. The van der Waals surface area contributed by atoms with E-state index in [-0.39, 0.29) is 23.9 Å². The Morgan fingerprint density at radius 1 is 1.16 bits per heavy atom. The van der Waals surface area contributed by atoms with Gasteiger partial charge in [-0.25, -0.2) is 0 Å². The number of non-ortho nitro benzene ring substituents is 1. The Morgan fingerprint density at radius 2 is 1.94 bits per heavy atom. The van der Waals surface area contributed by atoms with Gasteiger partial charge in [0, 0.05) is 60.5 Å². The van der Waals surface area contributed by atoms with Crippen LogP contribution in [0.4, 0.5) is 5.69 Å². The standard InChI is InChI=1S/C25H24N4O3/c1-2-18-5-4-8-21-23(16-28-25(18)21)22(19-6-3-7-20(13-19)29(31)32)14-24(30)27-15-17-9-11-26-12-10-17/h3-13,16,22,28H,2,14-15H2,1H3,(H,27,30)/t22-/m0/s1. The largest absolute Gasteiger partial charge is 0.361 e. The molecule has 0 saturated carbocycles. The molecule has 0 fully saturated rings. The minimum Gasteiger partial charge on any atom is -0.361 e. The maximum Gasteiger partial charge on any atom is 0.269 e. The summed E-state index contributed by atoms with van der Waals surface area (Å²) in [5.74, 6) is -0.451. The second-order valence-corrected chi connectivity index (χ2v) is 7.68. The van der Waals surface area contributed by atoms with Gasteiger partial charge in [-0.3, -0.25) is 19.9 Å². The van der Waals surface area contributed by atoms with Crippen molar-refractivity contribution in [3.05, 3.63) is 106 Å². The molecule has 7 nitrogen and oxygen atoms in total. The Kier molecular flexibility index (Phi) is 6.26. The fourth-order valence-electron chi connectivity index (χ4n) is 4.04. The first kappa shape index (κ1) is 21.2. The molecule has 0 aliphatic heterocycles. The van der Waals surface area contributed by atoms with Crippen LogP contribution in [-0.2, 0) is 17.8 Å². The van der Waals surface area contributed by atoms with E-state index in [0.717, 1.165) is 34.0 Å². The number of fused-ring (bicyclic) bond motifs is 1. The quantitative estimate of drug-likeness (QED) is 0.309. The Balaban J connectivity index is 1.68. The summed E-state index contributed by atoms with van der Waals surface area (Å²) in [7, 11) is 0. The zero-order chi connectivity index (χ0) is 22.5. The highest BCUT2D eigenvalue weighted by atomic mass is 16.6. The predicted octanol–water partition coefficient (Wildman–Crippen LogP) is 4.87. The number of nitrogens with zero attached hydrogens (tertiary/aromatic N) is 2. The number of nitrogens with one attached hydrogen (secondary N) is 2. The number of H-pyrrole nitrogens is 1. The number of nitro benzene ring substituents is 1. The van der Waals surface area contributed by atoms with Crippen molar-refractivity contribution >= 4 is 22.5 Å². The van der Waals surface area contributed by atoms with Crippen molar-refractivity contribution in [1.82, 2.24) is 15.3 Å². The van der Waals surface area contributed by atoms with Gasteiger partial charge in [0.25, 0.3) is 5.69 Å². The molecule has 0 radical (unpaired) electrons. The highest BCUT2D eigenvalue weighted by Crippen LogP contribution is 2.35. The number of para-hydroxylation sites is 1. The number of carbonyl (C=O) groups is 1. The zero-order valence-electron chi connectivity index (χ0n) is 17.7. The molecule has 1 atom stereocenters. The first-order valence-corrected chi connectivity index (χ1v) is 10.6. The van der Waals surface area contributed by atoms with Gasteiger partial charge in [-0.15, -0.1) is 0 Å². The molecule has 32 heavy (non-hydrogen) atoms. The maximum atomic E-state index is 12.9. The normalized spacial score (nSPS) is 11.9. The van der Waals surface area contributed by atoms with Crippen LogP contribution in [0, 0.1) is 10.1 Å². The van der Waals surface area contributed by atoms with E-state index < -0.39 is 4.92 Å². The summed E-state index contributed by atoms with van der Waals surface area (Å²) in [5.41, 5.74) is 4.89. The van der Waals surface area contributed by atoms with Gasteiger partial charge in [0.2, 0.25) is 5.91 Å². The van der Waals surface area contributed by atoms with Crippen LogP contribution in [-0.4, -0.2) is 20.8 Å². The van der Waals surface area contributed by atoms with Crippen molar-refractivity contribution in [3.63, 3.8) is 0 Å². The van der Waals surface area contributed by atoms with Crippen molar-refractivity contribution in [2.45, 2.75) is 32.2 Å². The fourth-order valence-corrected chi connectivity index (χ4v) is 4.04. The summed E-state index contributed by atoms with van der Waals surface area (Å²) < 4.78 is 0. The molecule has 0 unspecified atom stereocenters. The first-order chi connectivity index (χ1) is 15.6. The molecule has 4 rings (SSSR count). The van der Waals surface area contributed by atoms with Gasteiger partial charge in [0.05, 0.1) is 4.92 Å². The number of aromatic amines is 1. The van der Waals surface area contributed by atoms with Crippen LogP contribution >= 0.6 is 0 Å². The fraction of sp³-hybridized carbons (Fsp3) is 0.200. The van der Waals surface area contributed by atoms with Gasteiger partial charge in [-0.05, 0) is 40.8 Å². The van der Waals surface area contributed by atoms with Crippen LogP contribution < -0.4 is 5.32 Å². The molecule has 0 bridgehead atoms. The molecular weight excluding hydrogens is 404 g/mol. The second-order valence-electron chi connectivity index (χ2n) is 7.68. The van der Waals surface area contributed by atoms with Crippen molar-refractivity contribution < 1.29 is 9.72 Å². The van der Waals surface area contributed by atoms with Gasteiger partial charge in [0.1, 0.15) is 0 Å². The second kappa shape index (κ2) is 9.43. The van der Waals surface area contributed by atoms with E-state index in [1.54, 1.807) is 24.5 Å². The number of carbonyl (C=O) groups excluding carboxylic acids is 1. The van der Waals surface area contributed by atoms with Crippen molar-refractivity contribution in [1.29, 1.82) is 0 Å². The number of benzene rings is 2. The Morgan fingerprint density at radius 3 is 2.69 bits per heavy atom. The summed E-state index contributed by atoms with van der Waals surface area (Å²) >= 11 is 0. The molecule has 7 heteroatoms. The number of pyridine rings is 1. The molecule has 2 heterocycles. The molecular formula is C25H24N4O3. The molecule has 0 aliphatic rings. The third-order valence-corrected chi connectivity index (χ3v) is 5.70. The van der Waals surface area contributed by atoms with Crippen LogP contribution in [0.2, 0.25) is 0 Å². The van der Waals surface area contributed by atoms with E-state index in [1.807, 2.05) is 36.5 Å². The Hall–Kier alpha value is -4.00. The molecule has 0 spiro atoms. The lowest BCUT2D eigenvalue weighted by molar-refractivity contribution is -0.384. The molecule has 162 valence electrons. The Bertz CT molecular complexity index is 1250. The third kappa shape index (κ3) is 4.51. The van der Waals surface area contributed by atoms with Gasteiger partial charge >= 0.3 is 0 Å². The van der Waals surface area contributed by atoms with Crippen LogP contribution in [0.5, 0.6) is 0 Å². The molecule has 0 aliphatic carbocycles. The lowest BCUT2D eigenvalue weighted by Crippen LogP contribution is -2.25. The first-order valence-electron chi connectivity index (χ1n) is 10.6. The summed E-state index contributed by atoms with van der Waals surface area (Å²) in [5, 5.41) is 15.3. The van der Waals surface area contributed by atoms with Crippen molar-refractivity contribution in [2.75, 3.05) is 0 Å². The van der Waals surface area contributed by atoms with Crippen LogP contribution in [0.1, 0.15) is 41.5 Å². The number of nitro groups is 1. The minimum absolute atomic E-state index is 0.0128. The summed E-state index contributed by atoms with van der Waals surface area (Å²) in [6.07, 6.45) is 6.35. The van der Waals surface area contributed by atoms with E-state index in [1.165, 1.54) is 11.6 Å². The van der Waals surface area contributed by atoms with E-state index >= 15 is 0 Å². The number of rotatable bonds is 8. The van der Waals surface area contributed by atoms with Gasteiger partial charge in [-0.2, -0.15) is 0 Å². The van der Waals surface area contributed by atoms with E-state index in [9.17, 15) is 14.9 Å². The summed E-state index contributed by atoms with van der Waals surface area (Å²) in [6.45, 7) is 2.50. The van der Waals surface area contributed by atoms with E-state index in [4.69, 9.17) is 0 Å². The van der Waals surface area contributed by atoms with Gasteiger partial charge < -0.3 is 10.3 Å². The smallest absolute Gasteiger partial charge is 0.269 e. The monoisotopic (exact) mass is 428 g/mol. The van der Waals surface area contributed by atoms with Crippen molar-refractivity contribution in [3.8, 4) is 0 Å². The highest BCUT2D eigenvalue weighted by Gasteiger charge is 2.23. The third-order valence-electron chi connectivity index (χ3n) is 5.70. The summed E-state index contributed by atoms with van der Waals surface area (Å²) in [4.78, 5) is 31.2. The van der Waals surface area contributed by atoms with Gasteiger partial charge in [0.15, 0.2) is 0 Å². The molecule has 1 amide bonds. The lowest BCUT2D eigenvalue weighted by Gasteiger charge is -2.17. The minimum atomic E-state index is -0.408. The van der Waals surface area contributed by atoms with Crippen molar-refractivity contribution in [2.24, 2.45) is 0 Å².